The van der Waals surface area contributed by atoms with E-state index in [1.54, 1.807) is 11.8 Å². The highest BCUT2D eigenvalue weighted by Gasteiger charge is 2.05. The van der Waals surface area contributed by atoms with Crippen LogP contribution in [0.5, 0.6) is 0 Å². The van der Waals surface area contributed by atoms with Gasteiger partial charge in [-0.1, -0.05) is 66.7 Å². The molecule has 0 aliphatic heterocycles. The Morgan fingerprint density at radius 1 is 0.870 bits per heavy atom. The van der Waals surface area contributed by atoms with E-state index >= 15 is 0 Å². The maximum atomic E-state index is 12.0. The van der Waals surface area contributed by atoms with E-state index in [4.69, 9.17) is 0 Å². The molecule has 0 saturated carbocycles. The van der Waals surface area contributed by atoms with Gasteiger partial charge in [-0.15, -0.1) is 11.8 Å². The predicted molar refractivity (Wildman–Crippen MR) is 97.8 cm³/mol. The number of hydrogen-bond acceptors (Lipinski definition) is 2. The van der Waals surface area contributed by atoms with Crippen molar-refractivity contribution in [1.82, 2.24) is 5.32 Å². The lowest BCUT2D eigenvalue weighted by atomic mass is 10.1. The van der Waals surface area contributed by atoms with Gasteiger partial charge in [-0.05, 0) is 28.8 Å². The smallest absolute Gasteiger partial charge is 0.230 e. The average Bonchev–Trinajstić information content (AvgIpc) is 2.61. The van der Waals surface area contributed by atoms with Crippen LogP contribution in [0.15, 0.2) is 77.7 Å². The second-order valence-corrected chi connectivity index (χ2v) is 6.37. The van der Waals surface area contributed by atoms with Crippen LogP contribution < -0.4 is 5.32 Å². The van der Waals surface area contributed by atoms with Crippen LogP contribution in [0.1, 0.15) is 5.56 Å². The van der Waals surface area contributed by atoms with Crippen molar-refractivity contribution in [3.8, 4) is 0 Å². The molecule has 0 unspecified atom stereocenters. The van der Waals surface area contributed by atoms with Crippen molar-refractivity contribution in [2.45, 2.75) is 11.3 Å². The maximum Gasteiger partial charge on any atom is 0.230 e. The molecular formula is C20H19NOS. The number of carbonyl (C=O) groups is 1. The van der Waals surface area contributed by atoms with Gasteiger partial charge in [0, 0.05) is 11.4 Å². The molecule has 0 fully saturated rings. The Balaban J connectivity index is 1.50. The first kappa shape index (κ1) is 15.6. The summed E-state index contributed by atoms with van der Waals surface area (Å²) >= 11 is 1.59. The number of carbonyl (C=O) groups excluding carboxylic acids is 1. The highest BCUT2D eigenvalue weighted by Crippen LogP contribution is 2.27. The number of benzene rings is 3. The van der Waals surface area contributed by atoms with E-state index in [2.05, 4.69) is 41.7 Å². The SMILES string of the molecule is O=C(CSc1cccc2ccccc12)NCCc1ccccc1. The van der Waals surface area contributed by atoms with Crippen molar-refractivity contribution in [2.75, 3.05) is 12.3 Å². The second-order valence-electron chi connectivity index (χ2n) is 5.35. The van der Waals surface area contributed by atoms with E-state index in [1.807, 2.05) is 36.4 Å². The molecule has 3 heteroatoms. The largest absolute Gasteiger partial charge is 0.355 e. The molecular weight excluding hydrogens is 302 g/mol. The van der Waals surface area contributed by atoms with Gasteiger partial charge in [-0.3, -0.25) is 4.79 Å². The predicted octanol–water partition coefficient (Wildman–Crippen LogP) is 4.29. The van der Waals surface area contributed by atoms with Gasteiger partial charge in [0.05, 0.1) is 5.75 Å². The van der Waals surface area contributed by atoms with Gasteiger partial charge in [0.2, 0.25) is 5.91 Å². The highest BCUT2D eigenvalue weighted by molar-refractivity contribution is 8.00. The molecule has 0 saturated heterocycles. The fourth-order valence-corrected chi connectivity index (χ4v) is 3.41. The van der Waals surface area contributed by atoms with Crippen molar-refractivity contribution >= 4 is 28.4 Å². The van der Waals surface area contributed by atoms with Gasteiger partial charge < -0.3 is 5.32 Å². The Labute approximate surface area is 140 Å². The lowest BCUT2D eigenvalue weighted by Crippen LogP contribution is -2.27. The number of hydrogen-bond donors (Lipinski definition) is 1. The Bertz CT molecular complexity index is 781. The van der Waals surface area contributed by atoms with Gasteiger partial charge in [-0.25, -0.2) is 0 Å². The van der Waals surface area contributed by atoms with Crippen LogP contribution in [0.2, 0.25) is 0 Å². The molecule has 0 aromatic heterocycles. The number of nitrogens with one attached hydrogen (secondary N) is 1. The summed E-state index contributed by atoms with van der Waals surface area (Å²) in [5.41, 5.74) is 1.24. The lowest BCUT2D eigenvalue weighted by Gasteiger charge is -2.07. The zero-order valence-corrected chi connectivity index (χ0v) is 13.7. The Kier molecular flexibility index (Phi) is 5.33. The summed E-state index contributed by atoms with van der Waals surface area (Å²) in [4.78, 5) is 13.2. The summed E-state index contributed by atoms with van der Waals surface area (Å²) in [6, 6.07) is 24.7. The quantitative estimate of drug-likeness (QED) is 0.686. The van der Waals surface area contributed by atoms with Crippen LogP contribution in [0, 0.1) is 0 Å². The molecule has 116 valence electrons. The molecule has 0 bridgehead atoms. The van der Waals surface area contributed by atoms with Gasteiger partial charge in [0.25, 0.3) is 0 Å². The summed E-state index contributed by atoms with van der Waals surface area (Å²) in [5, 5.41) is 5.41. The zero-order valence-electron chi connectivity index (χ0n) is 12.9. The minimum absolute atomic E-state index is 0.0823. The van der Waals surface area contributed by atoms with E-state index in [0.29, 0.717) is 12.3 Å². The van der Waals surface area contributed by atoms with Gasteiger partial charge in [0.15, 0.2) is 0 Å². The van der Waals surface area contributed by atoms with Crippen LogP contribution in [0.4, 0.5) is 0 Å². The van der Waals surface area contributed by atoms with Crippen molar-refractivity contribution in [3.05, 3.63) is 78.4 Å². The first-order valence-electron chi connectivity index (χ1n) is 7.74. The van der Waals surface area contributed by atoms with Crippen LogP contribution in [-0.4, -0.2) is 18.2 Å². The molecule has 2 nitrogen and oxygen atoms in total. The molecule has 1 amide bonds. The van der Waals surface area contributed by atoms with Crippen molar-refractivity contribution < 1.29 is 4.79 Å². The summed E-state index contributed by atoms with van der Waals surface area (Å²) in [5.74, 6) is 0.530. The number of amides is 1. The van der Waals surface area contributed by atoms with Crippen molar-refractivity contribution in [3.63, 3.8) is 0 Å². The topological polar surface area (TPSA) is 29.1 Å². The molecule has 0 aliphatic rings. The molecule has 0 spiro atoms. The van der Waals surface area contributed by atoms with Crippen LogP contribution >= 0.6 is 11.8 Å². The molecule has 0 aliphatic carbocycles. The molecule has 3 rings (SSSR count). The summed E-state index contributed by atoms with van der Waals surface area (Å²) in [7, 11) is 0. The van der Waals surface area contributed by atoms with E-state index in [0.717, 1.165) is 11.3 Å². The van der Waals surface area contributed by atoms with E-state index < -0.39 is 0 Å². The zero-order chi connectivity index (χ0) is 15.9. The fourth-order valence-electron chi connectivity index (χ4n) is 2.51. The third-order valence-corrected chi connectivity index (χ3v) is 4.76. The number of rotatable bonds is 6. The van der Waals surface area contributed by atoms with Crippen molar-refractivity contribution in [1.29, 1.82) is 0 Å². The molecule has 0 atom stereocenters. The summed E-state index contributed by atoms with van der Waals surface area (Å²) < 4.78 is 0. The summed E-state index contributed by atoms with van der Waals surface area (Å²) in [6.45, 7) is 0.680. The molecule has 23 heavy (non-hydrogen) atoms. The Morgan fingerprint density at radius 3 is 2.48 bits per heavy atom. The van der Waals surface area contributed by atoms with Crippen LogP contribution in [-0.2, 0) is 11.2 Å². The van der Waals surface area contributed by atoms with Crippen LogP contribution in [0.3, 0.4) is 0 Å². The Morgan fingerprint density at radius 2 is 1.61 bits per heavy atom. The minimum Gasteiger partial charge on any atom is -0.355 e. The fraction of sp³-hybridized carbons (Fsp3) is 0.150. The second kappa shape index (κ2) is 7.84. The van der Waals surface area contributed by atoms with Gasteiger partial charge in [-0.2, -0.15) is 0 Å². The number of thioether (sulfide) groups is 1. The minimum atomic E-state index is 0.0823. The van der Waals surface area contributed by atoms with Gasteiger partial charge in [0.1, 0.15) is 0 Å². The van der Waals surface area contributed by atoms with E-state index in [9.17, 15) is 4.79 Å². The highest BCUT2D eigenvalue weighted by atomic mass is 32.2. The third kappa shape index (κ3) is 4.36. The molecule has 0 radical (unpaired) electrons. The van der Waals surface area contributed by atoms with E-state index in [-0.39, 0.29) is 5.91 Å². The molecule has 3 aromatic carbocycles. The number of fused-ring (bicyclic) bond motifs is 1. The van der Waals surface area contributed by atoms with Gasteiger partial charge >= 0.3 is 0 Å². The van der Waals surface area contributed by atoms with E-state index in [1.165, 1.54) is 16.3 Å². The normalized spacial score (nSPS) is 10.6. The third-order valence-electron chi connectivity index (χ3n) is 3.69. The first-order valence-corrected chi connectivity index (χ1v) is 8.73. The maximum absolute atomic E-state index is 12.0. The molecule has 3 aromatic rings. The summed E-state index contributed by atoms with van der Waals surface area (Å²) in [6.07, 6.45) is 0.867. The van der Waals surface area contributed by atoms with Crippen LogP contribution in [0.25, 0.3) is 10.8 Å². The lowest BCUT2D eigenvalue weighted by molar-refractivity contribution is -0.118. The average molecular weight is 321 g/mol. The first-order chi connectivity index (χ1) is 11.3. The molecule has 0 heterocycles. The standard InChI is InChI=1S/C20H19NOS/c22-20(21-14-13-16-7-2-1-3-8-16)15-23-19-12-6-10-17-9-4-5-11-18(17)19/h1-12H,13-15H2,(H,21,22). The molecule has 1 N–H and O–H groups in total. The monoisotopic (exact) mass is 321 g/mol. The Hall–Kier alpha value is -2.26. The van der Waals surface area contributed by atoms with Crippen molar-refractivity contribution in [2.24, 2.45) is 0 Å².